The Kier molecular flexibility index (Phi) is 3.94. The highest BCUT2D eigenvalue weighted by Gasteiger charge is 2.42. The van der Waals surface area contributed by atoms with Gasteiger partial charge in [-0.15, -0.1) is 0 Å². The van der Waals surface area contributed by atoms with Gasteiger partial charge in [0.1, 0.15) is 5.54 Å². The summed E-state index contributed by atoms with van der Waals surface area (Å²) in [6.45, 7) is 0.472. The lowest BCUT2D eigenvalue weighted by molar-refractivity contribution is -0.391. The van der Waals surface area contributed by atoms with Crippen LogP contribution in [0, 0.1) is 10.1 Å². The van der Waals surface area contributed by atoms with Gasteiger partial charge in [-0.05, 0) is 11.0 Å². The Balaban J connectivity index is 2.24. The summed E-state index contributed by atoms with van der Waals surface area (Å²) in [6.07, 6.45) is 0.307. The SMILES string of the molecule is Cn1c(C(=O)NC2(C(=O)O)CCOCC2)ccc1[N+](=O)[O-]. The second-order valence-electron chi connectivity index (χ2n) is 4.85. The van der Waals surface area contributed by atoms with Crippen LogP contribution in [0.15, 0.2) is 12.1 Å². The van der Waals surface area contributed by atoms with E-state index >= 15 is 0 Å². The van der Waals surface area contributed by atoms with Crippen LogP contribution in [-0.2, 0) is 16.6 Å². The summed E-state index contributed by atoms with van der Waals surface area (Å²) in [5, 5.41) is 22.6. The van der Waals surface area contributed by atoms with Crippen LogP contribution in [0.25, 0.3) is 0 Å². The van der Waals surface area contributed by atoms with Gasteiger partial charge in [-0.2, -0.15) is 0 Å². The zero-order valence-electron chi connectivity index (χ0n) is 11.4. The number of carbonyl (C=O) groups excluding carboxylic acids is 1. The molecule has 2 N–H and O–H groups in total. The first kappa shape index (κ1) is 15.0. The van der Waals surface area contributed by atoms with Crippen molar-refractivity contribution in [1.29, 1.82) is 0 Å². The summed E-state index contributed by atoms with van der Waals surface area (Å²) < 4.78 is 6.23. The number of hydrogen-bond acceptors (Lipinski definition) is 5. The Morgan fingerprint density at radius 3 is 2.52 bits per heavy atom. The minimum atomic E-state index is -1.39. The molecule has 9 heteroatoms. The highest BCUT2D eigenvalue weighted by atomic mass is 16.6. The van der Waals surface area contributed by atoms with E-state index in [2.05, 4.69) is 5.32 Å². The van der Waals surface area contributed by atoms with Gasteiger partial charge >= 0.3 is 11.8 Å². The minimum Gasteiger partial charge on any atom is -0.480 e. The van der Waals surface area contributed by atoms with Gasteiger partial charge in [0.15, 0.2) is 5.69 Å². The van der Waals surface area contributed by atoms with E-state index in [-0.39, 0.29) is 37.6 Å². The molecular formula is C12H15N3O6. The molecule has 1 aromatic heterocycles. The fraction of sp³-hybridized carbons (Fsp3) is 0.500. The van der Waals surface area contributed by atoms with Crippen LogP contribution in [0.5, 0.6) is 0 Å². The summed E-state index contributed by atoms with van der Waals surface area (Å²) >= 11 is 0. The lowest BCUT2D eigenvalue weighted by Crippen LogP contribution is -2.57. The molecule has 1 aromatic rings. The van der Waals surface area contributed by atoms with Gasteiger partial charge in [-0.3, -0.25) is 4.79 Å². The van der Waals surface area contributed by atoms with Crippen LogP contribution < -0.4 is 5.32 Å². The van der Waals surface area contributed by atoms with Crippen LogP contribution in [0.3, 0.4) is 0 Å². The Bertz CT molecular complexity index is 588. The predicted octanol–water partition coefficient (Wildman–Crippen LogP) is 0.297. The van der Waals surface area contributed by atoms with Gasteiger partial charge in [-0.25, -0.2) is 9.36 Å². The molecule has 0 atom stereocenters. The number of nitrogens with one attached hydrogen (secondary N) is 1. The fourth-order valence-corrected chi connectivity index (χ4v) is 2.31. The van der Waals surface area contributed by atoms with E-state index < -0.39 is 22.3 Å². The molecule has 9 nitrogen and oxygen atoms in total. The second-order valence-corrected chi connectivity index (χ2v) is 4.85. The normalized spacial score (nSPS) is 17.2. The molecule has 1 aliphatic heterocycles. The molecular weight excluding hydrogens is 282 g/mol. The van der Waals surface area contributed by atoms with Crippen molar-refractivity contribution in [1.82, 2.24) is 9.88 Å². The molecule has 1 amide bonds. The number of rotatable bonds is 4. The molecule has 1 aliphatic rings. The molecule has 1 fully saturated rings. The molecule has 0 saturated carbocycles. The quantitative estimate of drug-likeness (QED) is 0.608. The standard InChI is InChI=1S/C12H15N3O6/c1-14-8(2-3-9(14)15(19)20)10(16)13-12(11(17)18)4-6-21-7-5-12/h2-3H,4-7H2,1H3,(H,13,16)(H,17,18). The van der Waals surface area contributed by atoms with Gasteiger partial charge in [0.2, 0.25) is 0 Å². The third-order valence-corrected chi connectivity index (χ3v) is 3.62. The van der Waals surface area contributed by atoms with Gasteiger partial charge in [0.25, 0.3) is 5.91 Å². The highest BCUT2D eigenvalue weighted by Crippen LogP contribution is 2.23. The van der Waals surface area contributed by atoms with Gasteiger partial charge in [0.05, 0.1) is 7.05 Å². The molecule has 0 bridgehead atoms. The first-order valence-electron chi connectivity index (χ1n) is 6.31. The number of amides is 1. The maximum Gasteiger partial charge on any atom is 0.329 e. The van der Waals surface area contributed by atoms with Crippen LogP contribution in [0.1, 0.15) is 23.3 Å². The lowest BCUT2D eigenvalue weighted by Gasteiger charge is -2.33. The second kappa shape index (κ2) is 5.52. The molecule has 0 radical (unpaired) electrons. The smallest absolute Gasteiger partial charge is 0.329 e. The molecule has 114 valence electrons. The summed E-state index contributed by atoms with van der Waals surface area (Å²) in [6, 6.07) is 2.49. The molecule has 2 rings (SSSR count). The first-order chi connectivity index (χ1) is 9.87. The van der Waals surface area contributed by atoms with E-state index in [1.807, 2.05) is 0 Å². The Morgan fingerprint density at radius 2 is 2.05 bits per heavy atom. The van der Waals surface area contributed by atoms with Crippen molar-refractivity contribution >= 4 is 17.7 Å². The van der Waals surface area contributed by atoms with Gasteiger partial charge in [0, 0.05) is 32.1 Å². The zero-order valence-corrected chi connectivity index (χ0v) is 11.4. The number of aliphatic carboxylic acids is 1. The highest BCUT2D eigenvalue weighted by molar-refractivity contribution is 5.97. The van der Waals surface area contributed by atoms with Crippen molar-refractivity contribution in [2.24, 2.45) is 7.05 Å². The van der Waals surface area contributed by atoms with Crippen molar-refractivity contribution < 1.29 is 24.4 Å². The Labute approximate surface area is 119 Å². The van der Waals surface area contributed by atoms with Gasteiger partial charge < -0.3 is 25.3 Å². The van der Waals surface area contributed by atoms with E-state index in [9.17, 15) is 24.8 Å². The monoisotopic (exact) mass is 297 g/mol. The maximum absolute atomic E-state index is 12.2. The summed E-state index contributed by atoms with van der Waals surface area (Å²) in [7, 11) is 1.38. The van der Waals surface area contributed by atoms with E-state index in [4.69, 9.17) is 4.74 Å². The van der Waals surface area contributed by atoms with E-state index in [1.54, 1.807) is 0 Å². The number of carboxylic acid groups (broad SMARTS) is 1. The minimum absolute atomic E-state index is 0.0359. The number of ether oxygens (including phenoxy) is 1. The van der Waals surface area contributed by atoms with Crippen molar-refractivity contribution in [3.8, 4) is 0 Å². The van der Waals surface area contributed by atoms with Crippen LogP contribution in [-0.4, -0.2) is 45.2 Å². The molecule has 0 unspecified atom stereocenters. The van der Waals surface area contributed by atoms with Crippen molar-refractivity contribution in [3.05, 3.63) is 27.9 Å². The number of nitro groups is 1. The molecule has 21 heavy (non-hydrogen) atoms. The van der Waals surface area contributed by atoms with Crippen molar-refractivity contribution in [2.75, 3.05) is 13.2 Å². The van der Waals surface area contributed by atoms with E-state index in [1.165, 1.54) is 19.2 Å². The number of carboxylic acids is 1. The van der Waals surface area contributed by atoms with Crippen molar-refractivity contribution in [2.45, 2.75) is 18.4 Å². The molecule has 0 aromatic carbocycles. The van der Waals surface area contributed by atoms with E-state index in [0.29, 0.717) is 0 Å². The molecule has 0 aliphatic carbocycles. The topological polar surface area (TPSA) is 124 Å². The molecule has 2 heterocycles. The number of carbonyl (C=O) groups is 2. The van der Waals surface area contributed by atoms with Crippen molar-refractivity contribution in [3.63, 3.8) is 0 Å². The predicted molar refractivity (Wildman–Crippen MR) is 70.0 cm³/mol. The Morgan fingerprint density at radius 1 is 1.43 bits per heavy atom. The number of nitrogens with zero attached hydrogens (tertiary/aromatic N) is 2. The average Bonchev–Trinajstić information content (AvgIpc) is 2.81. The fourth-order valence-electron chi connectivity index (χ4n) is 2.31. The molecule has 1 saturated heterocycles. The summed E-state index contributed by atoms with van der Waals surface area (Å²) in [5.74, 6) is -2.03. The average molecular weight is 297 g/mol. The van der Waals surface area contributed by atoms with Crippen LogP contribution in [0.2, 0.25) is 0 Å². The summed E-state index contributed by atoms with van der Waals surface area (Å²) in [5.41, 5.74) is -1.36. The Hall–Kier alpha value is -2.42. The number of aromatic nitrogens is 1. The number of hydrogen-bond donors (Lipinski definition) is 2. The molecule has 0 spiro atoms. The lowest BCUT2D eigenvalue weighted by atomic mass is 9.90. The summed E-state index contributed by atoms with van der Waals surface area (Å²) in [4.78, 5) is 33.8. The van der Waals surface area contributed by atoms with Crippen LogP contribution in [0.4, 0.5) is 5.82 Å². The first-order valence-corrected chi connectivity index (χ1v) is 6.31. The maximum atomic E-state index is 12.2. The van der Waals surface area contributed by atoms with E-state index in [0.717, 1.165) is 4.57 Å². The van der Waals surface area contributed by atoms with Gasteiger partial charge in [-0.1, -0.05) is 0 Å². The largest absolute Gasteiger partial charge is 0.480 e. The third kappa shape index (κ3) is 2.72. The zero-order chi connectivity index (χ0) is 15.6. The van der Waals surface area contributed by atoms with Crippen LogP contribution >= 0.6 is 0 Å². The third-order valence-electron chi connectivity index (χ3n) is 3.62.